The summed E-state index contributed by atoms with van der Waals surface area (Å²) < 4.78 is 0. The summed E-state index contributed by atoms with van der Waals surface area (Å²) in [5.74, 6) is 0.310. The Morgan fingerprint density at radius 1 is 1.44 bits per heavy atom. The lowest BCUT2D eigenvalue weighted by atomic mass is 10.2. The van der Waals surface area contributed by atoms with E-state index >= 15 is 0 Å². The van der Waals surface area contributed by atoms with E-state index in [1.54, 1.807) is 31.2 Å². The van der Waals surface area contributed by atoms with Gasteiger partial charge in [0.05, 0.1) is 10.9 Å². The molecule has 3 N–H and O–H groups in total. The number of nitrogens with zero attached hydrogens (tertiary/aromatic N) is 1. The van der Waals surface area contributed by atoms with Crippen molar-refractivity contribution in [3.05, 3.63) is 46.1 Å². The minimum Gasteiger partial charge on any atom is -0.465 e. The molecule has 0 aliphatic carbocycles. The molecule has 0 saturated carbocycles. The molecule has 2 rings (SSSR count). The normalized spacial score (nSPS) is 11.5. The standard InChI is InChI=1S/C12H11N3O3/c1-7(13-12(17)18)6-10-14-9-5-3-2-4-8(9)11(16)15-10/h2-6,13H,1H3,(H,17,18)(H,14,15,16)/b7-6+. The van der Waals surface area contributed by atoms with Gasteiger partial charge in [-0.1, -0.05) is 12.1 Å². The van der Waals surface area contributed by atoms with Crippen molar-refractivity contribution in [2.24, 2.45) is 0 Å². The van der Waals surface area contributed by atoms with Crippen LogP contribution in [-0.4, -0.2) is 21.2 Å². The van der Waals surface area contributed by atoms with E-state index in [9.17, 15) is 9.59 Å². The Kier molecular flexibility index (Phi) is 3.09. The molecule has 0 saturated heterocycles. The Morgan fingerprint density at radius 2 is 2.17 bits per heavy atom. The number of rotatable bonds is 2. The van der Waals surface area contributed by atoms with Crippen molar-refractivity contribution < 1.29 is 9.90 Å². The maximum Gasteiger partial charge on any atom is 0.408 e. The summed E-state index contributed by atoms with van der Waals surface area (Å²) in [7, 11) is 0. The SMILES string of the molecule is C/C(=C\c1nc2ccccc2c(=O)[nH]1)NC(=O)O. The van der Waals surface area contributed by atoms with Crippen molar-refractivity contribution in [1.29, 1.82) is 0 Å². The van der Waals surface area contributed by atoms with Crippen molar-refractivity contribution in [2.75, 3.05) is 0 Å². The number of hydrogen-bond donors (Lipinski definition) is 3. The molecule has 1 aromatic carbocycles. The minimum atomic E-state index is -1.16. The van der Waals surface area contributed by atoms with Crippen LogP contribution >= 0.6 is 0 Å². The van der Waals surface area contributed by atoms with Crippen LogP contribution in [-0.2, 0) is 0 Å². The largest absolute Gasteiger partial charge is 0.465 e. The molecule has 18 heavy (non-hydrogen) atoms. The molecule has 92 valence electrons. The highest BCUT2D eigenvalue weighted by Gasteiger charge is 2.02. The fourth-order valence-corrected chi connectivity index (χ4v) is 1.58. The second-order valence-electron chi connectivity index (χ2n) is 3.73. The lowest BCUT2D eigenvalue weighted by Gasteiger charge is -2.01. The number of carbonyl (C=O) groups is 1. The van der Waals surface area contributed by atoms with E-state index in [0.717, 1.165) is 0 Å². The molecule has 0 radical (unpaired) electrons. The summed E-state index contributed by atoms with van der Waals surface area (Å²) in [6.45, 7) is 1.57. The molecule has 0 spiro atoms. The number of para-hydroxylation sites is 1. The average molecular weight is 245 g/mol. The van der Waals surface area contributed by atoms with Gasteiger partial charge < -0.3 is 10.1 Å². The summed E-state index contributed by atoms with van der Waals surface area (Å²) >= 11 is 0. The topological polar surface area (TPSA) is 95.1 Å². The van der Waals surface area contributed by atoms with E-state index in [1.165, 1.54) is 6.08 Å². The lowest BCUT2D eigenvalue weighted by molar-refractivity contribution is 0.197. The first-order chi connectivity index (χ1) is 8.56. The van der Waals surface area contributed by atoms with Gasteiger partial charge in [0.1, 0.15) is 5.82 Å². The number of amides is 1. The first kappa shape index (κ1) is 11.8. The van der Waals surface area contributed by atoms with Crippen LogP contribution in [0.25, 0.3) is 17.0 Å². The number of benzene rings is 1. The third kappa shape index (κ3) is 2.54. The molecule has 2 aromatic rings. The maximum atomic E-state index is 11.7. The van der Waals surface area contributed by atoms with Gasteiger partial charge in [-0.3, -0.25) is 10.1 Å². The van der Waals surface area contributed by atoms with Gasteiger partial charge in [0.2, 0.25) is 0 Å². The highest BCUT2D eigenvalue weighted by Crippen LogP contribution is 2.07. The number of carboxylic acid groups (broad SMARTS) is 1. The van der Waals surface area contributed by atoms with Crippen molar-refractivity contribution in [2.45, 2.75) is 6.92 Å². The van der Waals surface area contributed by atoms with E-state index < -0.39 is 6.09 Å². The molecular formula is C12H11N3O3. The van der Waals surface area contributed by atoms with Gasteiger partial charge in [-0.15, -0.1) is 0 Å². The Morgan fingerprint density at radius 3 is 2.89 bits per heavy atom. The Bertz CT molecular complexity index is 688. The molecular weight excluding hydrogens is 234 g/mol. The fourth-order valence-electron chi connectivity index (χ4n) is 1.58. The quantitative estimate of drug-likeness (QED) is 0.748. The zero-order valence-electron chi connectivity index (χ0n) is 9.60. The number of nitrogens with one attached hydrogen (secondary N) is 2. The number of aromatic amines is 1. The molecule has 6 nitrogen and oxygen atoms in total. The Balaban J connectivity index is 2.47. The van der Waals surface area contributed by atoms with Gasteiger partial charge in [0.25, 0.3) is 5.56 Å². The molecule has 0 atom stereocenters. The molecule has 0 aliphatic rings. The monoisotopic (exact) mass is 245 g/mol. The summed E-state index contributed by atoms with van der Waals surface area (Å²) in [6.07, 6.45) is 0.300. The highest BCUT2D eigenvalue weighted by atomic mass is 16.4. The third-order valence-corrected chi connectivity index (χ3v) is 2.29. The zero-order chi connectivity index (χ0) is 13.1. The average Bonchev–Trinajstić information content (AvgIpc) is 2.27. The van der Waals surface area contributed by atoms with Crippen molar-refractivity contribution >= 4 is 23.1 Å². The number of aromatic nitrogens is 2. The van der Waals surface area contributed by atoms with Crippen LogP contribution in [0.15, 0.2) is 34.8 Å². The van der Waals surface area contributed by atoms with E-state index in [-0.39, 0.29) is 5.56 Å². The van der Waals surface area contributed by atoms with Crippen LogP contribution in [0.5, 0.6) is 0 Å². The van der Waals surface area contributed by atoms with Crippen LogP contribution in [0.2, 0.25) is 0 Å². The van der Waals surface area contributed by atoms with Crippen LogP contribution in [0.4, 0.5) is 4.79 Å². The fraction of sp³-hybridized carbons (Fsp3) is 0.0833. The van der Waals surface area contributed by atoms with Crippen molar-refractivity contribution in [1.82, 2.24) is 15.3 Å². The highest BCUT2D eigenvalue weighted by molar-refractivity contribution is 5.78. The van der Waals surface area contributed by atoms with Gasteiger partial charge in [-0.05, 0) is 19.1 Å². The summed E-state index contributed by atoms with van der Waals surface area (Å²) in [6, 6.07) is 6.94. The number of fused-ring (bicyclic) bond motifs is 1. The summed E-state index contributed by atoms with van der Waals surface area (Å²) in [4.78, 5) is 29.0. The van der Waals surface area contributed by atoms with Gasteiger partial charge in [-0.25, -0.2) is 9.78 Å². The first-order valence-corrected chi connectivity index (χ1v) is 5.23. The van der Waals surface area contributed by atoms with Crippen molar-refractivity contribution in [3.8, 4) is 0 Å². The zero-order valence-corrected chi connectivity index (χ0v) is 9.60. The maximum absolute atomic E-state index is 11.7. The molecule has 0 bridgehead atoms. The van der Waals surface area contributed by atoms with Gasteiger partial charge in [-0.2, -0.15) is 0 Å². The molecule has 6 heteroatoms. The summed E-state index contributed by atoms with van der Waals surface area (Å²) in [5, 5.41) is 11.2. The number of allylic oxidation sites excluding steroid dienone is 1. The van der Waals surface area contributed by atoms with Gasteiger partial charge in [0, 0.05) is 11.8 Å². The number of hydrogen-bond acceptors (Lipinski definition) is 3. The van der Waals surface area contributed by atoms with Crippen LogP contribution in [0.1, 0.15) is 12.7 Å². The third-order valence-electron chi connectivity index (χ3n) is 2.29. The van der Waals surface area contributed by atoms with E-state index in [2.05, 4.69) is 15.3 Å². The second kappa shape index (κ2) is 4.70. The summed E-state index contributed by atoms with van der Waals surface area (Å²) in [5.41, 5.74) is 0.687. The first-order valence-electron chi connectivity index (χ1n) is 5.23. The molecule has 1 amide bonds. The van der Waals surface area contributed by atoms with E-state index in [0.29, 0.717) is 22.4 Å². The molecule has 0 fully saturated rings. The van der Waals surface area contributed by atoms with Crippen molar-refractivity contribution in [3.63, 3.8) is 0 Å². The van der Waals surface area contributed by atoms with Gasteiger partial charge >= 0.3 is 6.09 Å². The minimum absolute atomic E-state index is 0.255. The van der Waals surface area contributed by atoms with Crippen LogP contribution in [0, 0.1) is 0 Å². The predicted octanol–water partition coefficient (Wildman–Crippen LogP) is 1.55. The number of H-pyrrole nitrogens is 1. The smallest absolute Gasteiger partial charge is 0.408 e. The predicted molar refractivity (Wildman–Crippen MR) is 67.2 cm³/mol. The molecule has 0 unspecified atom stereocenters. The molecule has 1 aromatic heterocycles. The Hall–Kier alpha value is -2.63. The molecule has 0 aliphatic heterocycles. The second-order valence-corrected chi connectivity index (χ2v) is 3.73. The van der Waals surface area contributed by atoms with Crippen LogP contribution < -0.4 is 10.9 Å². The lowest BCUT2D eigenvalue weighted by Crippen LogP contribution is -2.18. The Labute approximate surface area is 102 Å². The van der Waals surface area contributed by atoms with Crippen LogP contribution in [0.3, 0.4) is 0 Å². The molecule has 1 heterocycles. The van der Waals surface area contributed by atoms with E-state index in [1.807, 2.05) is 0 Å². The van der Waals surface area contributed by atoms with Gasteiger partial charge in [0.15, 0.2) is 0 Å². The van der Waals surface area contributed by atoms with E-state index in [4.69, 9.17) is 5.11 Å².